The quantitative estimate of drug-likeness (QED) is 0.307. The first-order valence-electron chi connectivity index (χ1n) is 9.75. The van der Waals surface area contributed by atoms with E-state index in [1.807, 2.05) is 0 Å². The molecule has 2 rings (SSSR count). The molecule has 2 N–H and O–H groups in total. The highest BCUT2D eigenvalue weighted by molar-refractivity contribution is 14.0. The number of aliphatic imine (C=N–C) groups is 1. The van der Waals surface area contributed by atoms with E-state index in [4.69, 9.17) is 4.74 Å². The molecule has 1 aromatic rings. The molecule has 0 bridgehead atoms. The third kappa shape index (κ3) is 9.37. The highest BCUT2D eigenvalue weighted by Gasteiger charge is 2.29. The second kappa shape index (κ2) is 13.1. The van der Waals surface area contributed by atoms with Gasteiger partial charge in [-0.15, -0.1) is 24.0 Å². The number of nitrogens with zero attached hydrogens (tertiary/aromatic N) is 3. The van der Waals surface area contributed by atoms with Crippen molar-refractivity contribution in [2.24, 2.45) is 4.99 Å². The summed E-state index contributed by atoms with van der Waals surface area (Å²) in [6.45, 7) is 3.94. The van der Waals surface area contributed by atoms with Crippen molar-refractivity contribution in [2.45, 2.75) is 51.4 Å². The van der Waals surface area contributed by atoms with Crippen LogP contribution in [-0.2, 0) is 6.54 Å². The van der Waals surface area contributed by atoms with Gasteiger partial charge in [0, 0.05) is 44.5 Å². The molecular formula is C19H31F3IN5O. The van der Waals surface area contributed by atoms with Crippen LogP contribution < -0.4 is 15.4 Å². The largest absolute Gasteiger partial charge is 0.468 e. The SMILES string of the molecule is CCC1CCCCN1CCNC(=NC)NCc1cccnc1OCC(F)(F)F.I. The van der Waals surface area contributed by atoms with Gasteiger partial charge in [-0.25, -0.2) is 4.98 Å². The number of rotatable bonds is 8. The van der Waals surface area contributed by atoms with E-state index in [0.717, 1.165) is 26.1 Å². The molecule has 1 saturated heterocycles. The molecule has 1 aliphatic heterocycles. The fraction of sp³-hybridized carbons (Fsp3) is 0.684. The van der Waals surface area contributed by atoms with Crippen LogP contribution in [0.15, 0.2) is 23.3 Å². The third-order valence-electron chi connectivity index (χ3n) is 4.80. The Morgan fingerprint density at radius 2 is 2.14 bits per heavy atom. The second-order valence-electron chi connectivity index (χ2n) is 6.82. The Labute approximate surface area is 187 Å². The summed E-state index contributed by atoms with van der Waals surface area (Å²) in [7, 11) is 1.66. The normalized spacial score (nSPS) is 18.1. The molecule has 0 spiro atoms. The Morgan fingerprint density at radius 1 is 1.34 bits per heavy atom. The van der Waals surface area contributed by atoms with Crippen molar-refractivity contribution >= 4 is 29.9 Å². The number of pyridine rings is 1. The minimum Gasteiger partial charge on any atom is -0.468 e. The third-order valence-corrected chi connectivity index (χ3v) is 4.80. The number of halogens is 4. The van der Waals surface area contributed by atoms with Gasteiger partial charge in [0.25, 0.3) is 0 Å². The molecule has 1 fully saturated rings. The van der Waals surface area contributed by atoms with E-state index in [2.05, 4.69) is 32.4 Å². The molecule has 1 aromatic heterocycles. The monoisotopic (exact) mass is 529 g/mol. The van der Waals surface area contributed by atoms with Crippen LogP contribution in [0.3, 0.4) is 0 Å². The summed E-state index contributed by atoms with van der Waals surface area (Å²) in [6.07, 6.45) is 1.97. The number of hydrogen-bond donors (Lipinski definition) is 2. The highest BCUT2D eigenvalue weighted by atomic mass is 127. The van der Waals surface area contributed by atoms with E-state index in [1.165, 1.54) is 25.5 Å². The van der Waals surface area contributed by atoms with Crippen LogP contribution in [0, 0.1) is 0 Å². The maximum absolute atomic E-state index is 12.4. The lowest BCUT2D eigenvalue weighted by molar-refractivity contribution is -0.154. The van der Waals surface area contributed by atoms with E-state index in [1.54, 1.807) is 19.2 Å². The zero-order valence-electron chi connectivity index (χ0n) is 17.0. The molecule has 0 radical (unpaired) electrons. The van der Waals surface area contributed by atoms with Crippen molar-refractivity contribution < 1.29 is 17.9 Å². The smallest absolute Gasteiger partial charge is 0.422 e. The van der Waals surface area contributed by atoms with Crippen LogP contribution in [0.5, 0.6) is 5.88 Å². The lowest BCUT2D eigenvalue weighted by Gasteiger charge is -2.35. The number of aromatic nitrogens is 1. The molecule has 1 unspecified atom stereocenters. The van der Waals surface area contributed by atoms with E-state index < -0.39 is 12.8 Å². The lowest BCUT2D eigenvalue weighted by Crippen LogP contribution is -2.45. The van der Waals surface area contributed by atoms with Gasteiger partial charge in [0.15, 0.2) is 12.6 Å². The summed E-state index contributed by atoms with van der Waals surface area (Å²) >= 11 is 0. The van der Waals surface area contributed by atoms with Crippen LogP contribution in [0.2, 0.25) is 0 Å². The summed E-state index contributed by atoms with van der Waals surface area (Å²) in [5, 5.41) is 6.37. The Bertz CT molecular complexity index is 630. The van der Waals surface area contributed by atoms with E-state index in [-0.39, 0.29) is 36.4 Å². The molecule has 166 valence electrons. The summed E-state index contributed by atoms with van der Waals surface area (Å²) in [6, 6.07) is 3.99. The Hall–Kier alpha value is -1.30. The number of piperidine rings is 1. The van der Waals surface area contributed by atoms with Gasteiger partial charge in [-0.3, -0.25) is 9.89 Å². The van der Waals surface area contributed by atoms with Gasteiger partial charge in [0.2, 0.25) is 5.88 Å². The maximum Gasteiger partial charge on any atom is 0.422 e. The minimum atomic E-state index is -4.40. The summed E-state index contributed by atoms with van der Waals surface area (Å²) in [5.41, 5.74) is 0.539. The molecule has 6 nitrogen and oxygen atoms in total. The topological polar surface area (TPSA) is 61.8 Å². The second-order valence-corrected chi connectivity index (χ2v) is 6.82. The van der Waals surface area contributed by atoms with Crippen molar-refractivity contribution in [3.63, 3.8) is 0 Å². The zero-order chi connectivity index (χ0) is 20.4. The molecule has 10 heteroatoms. The molecule has 0 aliphatic carbocycles. The predicted octanol–water partition coefficient (Wildman–Crippen LogP) is 3.57. The first kappa shape index (κ1) is 25.7. The Morgan fingerprint density at radius 3 is 2.83 bits per heavy atom. The van der Waals surface area contributed by atoms with Crippen molar-refractivity contribution in [3.05, 3.63) is 23.9 Å². The number of hydrogen-bond acceptors (Lipinski definition) is 4. The van der Waals surface area contributed by atoms with Gasteiger partial charge in [-0.1, -0.05) is 19.4 Å². The van der Waals surface area contributed by atoms with E-state index >= 15 is 0 Å². The van der Waals surface area contributed by atoms with Gasteiger partial charge in [-0.05, 0) is 31.9 Å². The average molecular weight is 529 g/mol. The van der Waals surface area contributed by atoms with Crippen molar-refractivity contribution in [1.82, 2.24) is 20.5 Å². The Balaban J connectivity index is 0.00000420. The standard InChI is InChI=1S/C19H30F3N5O.HI/c1-3-16-8-4-5-11-27(16)12-10-25-18(23-2)26-13-15-7-6-9-24-17(15)28-14-19(20,21)22;/h6-7,9,16H,3-5,8,10-14H2,1-2H3,(H2,23,25,26);1H. The van der Waals surface area contributed by atoms with Gasteiger partial charge in [-0.2, -0.15) is 13.2 Å². The molecule has 0 amide bonds. The van der Waals surface area contributed by atoms with Crippen LogP contribution in [0.4, 0.5) is 13.2 Å². The number of guanidine groups is 1. The van der Waals surface area contributed by atoms with E-state index in [9.17, 15) is 13.2 Å². The molecule has 0 aromatic carbocycles. The van der Waals surface area contributed by atoms with Crippen LogP contribution >= 0.6 is 24.0 Å². The van der Waals surface area contributed by atoms with Gasteiger partial charge >= 0.3 is 6.18 Å². The first-order valence-corrected chi connectivity index (χ1v) is 9.75. The fourth-order valence-corrected chi connectivity index (χ4v) is 3.37. The number of nitrogens with one attached hydrogen (secondary N) is 2. The van der Waals surface area contributed by atoms with Crippen molar-refractivity contribution in [1.29, 1.82) is 0 Å². The summed E-state index contributed by atoms with van der Waals surface area (Å²) < 4.78 is 42.0. The van der Waals surface area contributed by atoms with Crippen LogP contribution in [-0.4, -0.2) is 61.4 Å². The fourth-order valence-electron chi connectivity index (χ4n) is 3.37. The van der Waals surface area contributed by atoms with Crippen LogP contribution in [0.1, 0.15) is 38.2 Å². The van der Waals surface area contributed by atoms with Gasteiger partial charge in [0.1, 0.15) is 0 Å². The molecule has 1 aliphatic rings. The summed E-state index contributed by atoms with van der Waals surface area (Å²) in [5.74, 6) is 0.567. The number of ether oxygens (including phenoxy) is 1. The van der Waals surface area contributed by atoms with Crippen LogP contribution in [0.25, 0.3) is 0 Å². The molecular weight excluding hydrogens is 498 g/mol. The first-order chi connectivity index (χ1) is 13.4. The molecule has 1 atom stereocenters. The Kier molecular flexibility index (Phi) is 11.6. The predicted molar refractivity (Wildman–Crippen MR) is 119 cm³/mol. The maximum atomic E-state index is 12.4. The van der Waals surface area contributed by atoms with Crippen molar-refractivity contribution in [2.75, 3.05) is 33.3 Å². The number of alkyl halides is 3. The van der Waals surface area contributed by atoms with Gasteiger partial charge < -0.3 is 15.4 Å². The molecule has 2 heterocycles. The average Bonchev–Trinajstić information content (AvgIpc) is 2.69. The molecule has 29 heavy (non-hydrogen) atoms. The molecule has 0 saturated carbocycles. The zero-order valence-corrected chi connectivity index (χ0v) is 19.3. The van der Waals surface area contributed by atoms with Crippen molar-refractivity contribution in [3.8, 4) is 5.88 Å². The number of likely N-dealkylation sites (tertiary alicyclic amines) is 1. The minimum absolute atomic E-state index is 0. The van der Waals surface area contributed by atoms with Gasteiger partial charge in [0.05, 0.1) is 0 Å². The highest BCUT2D eigenvalue weighted by Crippen LogP contribution is 2.20. The summed E-state index contributed by atoms with van der Waals surface area (Å²) in [4.78, 5) is 10.6. The lowest BCUT2D eigenvalue weighted by atomic mass is 10.0. The van der Waals surface area contributed by atoms with E-state index in [0.29, 0.717) is 17.6 Å².